The Morgan fingerprint density at radius 2 is 1.24 bits per heavy atom. The second-order valence-corrected chi connectivity index (χ2v) is 15.5. The fourth-order valence-electron chi connectivity index (χ4n) is 9.46. The number of aryl methyl sites for hydroxylation is 4. The van der Waals surface area contributed by atoms with Crippen LogP contribution in [0.1, 0.15) is 97.7 Å². The molecule has 1 unspecified atom stereocenters. The van der Waals surface area contributed by atoms with E-state index in [9.17, 15) is 0 Å². The van der Waals surface area contributed by atoms with E-state index >= 15 is 0 Å². The third kappa shape index (κ3) is 5.20. The molecular weight excluding hydrogens is 675 g/mol. The maximum atomic E-state index is 5.29. The van der Waals surface area contributed by atoms with Crippen LogP contribution in [0.15, 0.2) is 127 Å². The van der Waals surface area contributed by atoms with E-state index in [1.165, 1.54) is 44.6 Å². The van der Waals surface area contributed by atoms with Gasteiger partial charge in [0.15, 0.2) is 11.5 Å². The van der Waals surface area contributed by atoms with Crippen molar-refractivity contribution >= 4 is 11.2 Å². The molecule has 0 aliphatic heterocycles. The molecule has 8 aromatic rings. The maximum Gasteiger partial charge on any atom is 0.165 e. The highest BCUT2D eigenvalue weighted by molar-refractivity contribution is 5.79. The minimum atomic E-state index is -0.857. The second-order valence-electron chi connectivity index (χ2n) is 15.5. The van der Waals surface area contributed by atoms with Crippen LogP contribution in [-0.4, -0.2) is 34.7 Å². The topological polar surface area (TPSA) is 74.3 Å². The van der Waals surface area contributed by atoms with Crippen LogP contribution in [0, 0.1) is 27.7 Å². The summed E-state index contributed by atoms with van der Waals surface area (Å²) < 4.78 is 4.52. The molecular formula is C48H43N7. The number of hydrogen-bond acceptors (Lipinski definition) is 5. The van der Waals surface area contributed by atoms with Gasteiger partial charge in [0.05, 0.1) is 11.6 Å². The van der Waals surface area contributed by atoms with E-state index in [1.54, 1.807) is 0 Å². The lowest BCUT2D eigenvalue weighted by atomic mass is 9.76. The molecule has 0 radical (unpaired) electrons. The number of fused-ring (bicyclic) bond motifs is 3. The van der Waals surface area contributed by atoms with Crippen molar-refractivity contribution in [2.24, 2.45) is 0 Å². The Morgan fingerprint density at radius 1 is 0.618 bits per heavy atom. The molecule has 7 nitrogen and oxygen atoms in total. The molecule has 0 saturated heterocycles. The first-order chi connectivity index (χ1) is 26.9. The number of hydrogen-bond donors (Lipinski definition) is 0. The van der Waals surface area contributed by atoms with E-state index in [2.05, 4.69) is 170 Å². The van der Waals surface area contributed by atoms with Crippen molar-refractivity contribution in [3.63, 3.8) is 0 Å². The zero-order valence-electron chi connectivity index (χ0n) is 31.7. The lowest BCUT2D eigenvalue weighted by Gasteiger charge is -2.37. The first-order valence-electron chi connectivity index (χ1n) is 19.5. The summed E-state index contributed by atoms with van der Waals surface area (Å²) in [5, 5.41) is 14.6. The monoisotopic (exact) mass is 717 g/mol. The van der Waals surface area contributed by atoms with Crippen molar-refractivity contribution < 1.29 is 0 Å². The molecule has 1 saturated carbocycles. The number of tetrazole rings is 1. The van der Waals surface area contributed by atoms with Crippen molar-refractivity contribution in [1.29, 1.82) is 0 Å². The number of aromatic nitrogens is 7. The Bertz CT molecular complexity index is 2610. The smallest absolute Gasteiger partial charge is 0.165 e. The zero-order valence-corrected chi connectivity index (χ0v) is 31.7. The average Bonchev–Trinajstić information content (AvgIpc) is 3.87. The molecule has 5 aromatic carbocycles. The number of benzene rings is 5. The highest BCUT2D eigenvalue weighted by atomic mass is 15.6. The minimum absolute atomic E-state index is 0.226. The Labute approximate surface area is 321 Å². The number of imidazole rings is 1. The predicted molar refractivity (Wildman–Crippen MR) is 217 cm³/mol. The Kier molecular flexibility index (Phi) is 7.87. The lowest BCUT2D eigenvalue weighted by Crippen LogP contribution is -2.40. The Hall–Kier alpha value is -6.21. The molecule has 1 atom stereocenters. The van der Waals surface area contributed by atoms with Gasteiger partial charge in [-0.2, -0.15) is 0 Å². The van der Waals surface area contributed by atoms with Gasteiger partial charge >= 0.3 is 0 Å². The summed E-state index contributed by atoms with van der Waals surface area (Å²) in [5.41, 5.74) is 15.4. The van der Waals surface area contributed by atoms with E-state index in [0.717, 1.165) is 70.9 Å². The SMILES string of the molecule is Cc1cc(C)c2nc(C3CC3)n(-c3c(C)cc4c(c3C)CCc3ccccc3C4c3nnnn3C(c3ccccc3)(c3ccccc3)c3ccccc3)c2n1. The largest absolute Gasteiger partial charge is 0.280 e. The third-order valence-corrected chi connectivity index (χ3v) is 12.0. The second kappa shape index (κ2) is 13.0. The van der Waals surface area contributed by atoms with Crippen LogP contribution in [0.4, 0.5) is 0 Å². The molecule has 0 amide bonds. The van der Waals surface area contributed by atoms with Gasteiger partial charge in [-0.25, -0.2) is 14.6 Å². The van der Waals surface area contributed by atoms with Crippen molar-refractivity contribution in [2.75, 3.05) is 0 Å². The molecule has 55 heavy (non-hydrogen) atoms. The van der Waals surface area contributed by atoms with Crippen molar-refractivity contribution in [1.82, 2.24) is 34.7 Å². The summed E-state index contributed by atoms with van der Waals surface area (Å²) in [6.07, 6.45) is 4.15. The molecule has 0 spiro atoms. The van der Waals surface area contributed by atoms with Crippen LogP contribution in [-0.2, 0) is 18.4 Å². The normalized spacial score (nSPS) is 15.5. The van der Waals surface area contributed by atoms with Gasteiger partial charge in [0.2, 0.25) is 0 Å². The van der Waals surface area contributed by atoms with Crippen LogP contribution < -0.4 is 0 Å². The molecule has 3 heterocycles. The first-order valence-corrected chi connectivity index (χ1v) is 19.5. The predicted octanol–water partition coefficient (Wildman–Crippen LogP) is 9.64. The third-order valence-electron chi connectivity index (χ3n) is 12.0. The first kappa shape index (κ1) is 33.4. The van der Waals surface area contributed by atoms with Gasteiger partial charge in [0.25, 0.3) is 0 Å². The zero-order chi connectivity index (χ0) is 37.3. The summed E-state index contributed by atoms with van der Waals surface area (Å²) >= 11 is 0. The van der Waals surface area contributed by atoms with E-state index in [-0.39, 0.29) is 5.92 Å². The maximum absolute atomic E-state index is 5.29. The van der Waals surface area contributed by atoms with Gasteiger partial charge in [-0.15, -0.1) is 5.10 Å². The van der Waals surface area contributed by atoms with Gasteiger partial charge in [-0.3, -0.25) is 4.57 Å². The summed E-state index contributed by atoms with van der Waals surface area (Å²) in [4.78, 5) is 10.4. The van der Waals surface area contributed by atoms with Gasteiger partial charge < -0.3 is 0 Å². The standard InChI is InChI=1S/C48H43N7/c1-30-28-32(3)49-47-43(30)50-45(35-24-25-35)54(47)44-31(2)29-41-39(33(44)4)27-26-34-16-14-15-23-40(34)42(41)46-51-52-53-55(46)48(36-17-8-5-9-18-36,37-19-10-6-11-20-37)38-21-12-7-13-22-38/h5-23,28-29,35,42H,24-27H2,1-4H3. The Balaban J connectivity index is 1.26. The van der Waals surface area contributed by atoms with Crippen molar-refractivity contribution in [3.8, 4) is 5.69 Å². The lowest BCUT2D eigenvalue weighted by molar-refractivity contribution is 0.427. The van der Waals surface area contributed by atoms with Crippen LogP contribution in [0.5, 0.6) is 0 Å². The fraction of sp³-hybridized carbons (Fsp3) is 0.229. The number of nitrogens with zero attached hydrogens (tertiary/aromatic N) is 7. The minimum Gasteiger partial charge on any atom is -0.280 e. The van der Waals surface area contributed by atoms with Gasteiger partial charge in [0.1, 0.15) is 16.9 Å². The van der Waals surface area contributed by atoms with Crippen molar-refractivity contribution in [2.45, 2.75) is 70.8 Å². The van der Waals surface area contributed by atoms with Crippen molar-refractivity contribution in [3.05, 3.63) is 200 Å². The molecule has 1 fully saturated rings. The molecule has 7 heteroatoms. The highest BCUT2D eigenvalue weighted by Gasteiger charge is 2.44. The fourth-order valence-corrected chi connectivity index (χ4v) is 9.46. The van der Waals surface area contributed by atoms with E-state index < -0.39 is 5.54 Å². The van der Waals surface area contributed by atoms with Gasteiger partial charge in [-0.1, -0.05) is 121 Å². The highest BCUT2D eigenvalue weighted by Crippen LogP contribution is 2.48. The van der Waals surface area contributed by atoms with Crippen LogP contribution in [0.3, 0.4) is 0 Å². The molecule has 2 aliphatic rings. The molecule has 270 valence electrons. The molecule has 0 bridgehead atoms. The molecule has 10 rings (SSSR count). The van der Waals surface area contributed by atoms with E-state index in [4.69, 9.17) is 20.3 Å². The van der Waals surface area contributed by atoms with E-state index in [0.29, 0.717) is 5.92 Å². The molecule has 2 aliphatic carbocycles. The average molecular weight is 718 g/mol. The summed E-state index contributed by atoms with van der Waals surface area (Å²) in [6, 6.07) is 45.5. The van der Waals surface area contributed by atoms with Crippen LogP contribution >= 0.6 is 0 Å². The number of pyridine rings is 1. The van der Waals surface area contributed by atoms with Crippen LogP contribution in [0.25, 0.3) is 16.9 Å². The van der Waals surface area contributed by atoms with Crippen LogP contribution in [0.2, 0.25) is 0 Å². The van der Waals surface area contributed by atoms with E-state index in [1.807, 2.05) is 0 Å². The van der Waals surface area contributed by atoms with Gasteiger partial charge in [0, 0.05) is 11.6 Å². The number of rotatable bonds is 7. The Morgan fingerprint density at radius 3 is 1.87 bits per heavy atom. The summed E-state index contributed by atoms with van der Waals surface area (Å²) in [7, 11) is 0. The quantitative estimate of drug-likeness (QED) is 0.154. The molecule has 3 aromatic heterocycles. The summed E-state index contributed by atoms with van der Waals surface area (Å²) in [6.45, 7) is 8.81. The summed E-state index contributed by atoms with van der Waals surface area (Å²) in [5.74, 6) is 2.17. The molecule has 0 N–H and O–H groups in total. The van der Waals surface area contributed by atoms with Gasteiger partial charge in [-0.05, 0) is 126 Å².